The molecule has 0 N–H and O–H groups in total. The van der Waals surface area contributed by atoms with E-state index in [-0.39, 0.29) is 11.4 Å². The van der Waals surface area contributed by atoms with Crippen molar-refractivity contribution in [3.05, 3.63) is 60.7 Å². The average Bonchev–Trinajstić information content (AvgIpc) is 3.66. The van der Waals surface area contributed by atoms with E-state index in [9.17, 15) is 33.6 Å². The van der Waals surface area contributed by atoms with E-state index in [0.29, 0.717) is 0 Å². The van der Waals surface area contributed by atoms with Gasteiger partial charge >= 0.3 is 17.9 Å². The summed E-state index contributed by atoms with van der Waals surface area (Å²) in [5.74, 6) is -13.1. The molecule has 7 atom stereocenters. The quantitative estimate of drug-likeness (QED) is 0.267. The lowest BCUT2D eigenvalue weighted by Gasteiger charge is -2.39. The fraction of sp³-hybridized carbons (Fsp3) is 0.345. The Labute approximate surface area is 238 Å². The SMILES string of the molecule is COC(=O)[C@@H]1[C@@H]2C(=O)N(c3ccccc3)C(=O)[C@@H]2C2(C(=O)OC)[C@H]3C(=O)N(c4ccccc4)C(=O)[C@H]3[C@H](C(=O)OC)N12. The molecule has 0 aromatic heterocycles. The zero-order valence-corrected chi connectivity index (χ0v) is 22.7. The molecule has 2 aromatic rings. The van der Waals surface area contributed by atoms with E-state index in [2.05, 4.69) is 0 Å². The van der Waals surface area contributed by atoms with E-state index in [4.69, 9.17) is 14.2 Å². The molecule has 42 heavy (non-hydrogen) atoms. The number of hydrogen-bond acceptors (Lipinski definition) is 11. The van der Waals surface area contributed by atoms with Gasteiger partial charge in [-0.2, -0.15) is 0 Å². The zero-order valence-electron chi connectivity index (χ0n) is 22.7. The molecule has 0 spiro atoms. The smallest absolute Gasteiger partial charge is 0.328 e. The highest BCUT2D eigenvalue weighted by Gasteiger charge is 2.86. The van der Waals surface area contributed by atoms with Crippen LogP contribution >= 0.6 is 0 Å². The largest absolute Gasteiger partial charge is 0.468 e. The van der Waals surface area contributed by atoms with Crippen molar-refractivity contribution >= 4 is 52.9 Å². The second-order valence-corrected chi connectivity index (χ2v) is 10.4. The summed E-state index contributed by atoms with van der Waals surface area (Å²) in [6.45, 7) is 0. The number of methoxy groups -OCH3 is 3. The Morgan fingerprint density at radius 2 is 0.976 bits per heavy atom. The minimum atomic E-state index is -2.41. The van der Waals surface area contributed by atoms with Crippen LogP contribution in [0, 0.1) is 23.7 Å². The van der Waals surface area contributed by atoms with Gasteiger partial charge in [0, 0.05) is 0 Å². The third-order valence-electron chi connectivity index (χ3n) is 8.78. The van der Waals surface area contributed by atoms with Crippen LogP contribution in [0.3, 0.4) is 0 Å². The second-order valence-electron chi connectivity index (χ2n) is 10.4. The maximum Gasteiger partial charge on any atom is 0.328 e. The number of benzene rings is 2. The molecule has 0 bridgehead atoms. The molecule has 216 valence electrons. The molecule has 4 aliphatic heterocycles. The molecule has 0 radical (unpaired) electrons. The molecule has 4 fully saturated rings. The first-order chi connectivity index (χ1) is 20.2. The molecule has 13 nitrogen and oxygen atoms in total. The predicted octanol–water partition coefficient (Wildman–Crippen LogP) is -0.0778. The number of anilines is 2. The van der Waals surface area contributed by atoms with Crippen molar-refractivity contribution in [1.29, 1.82) is 0 Å². The molecular weight excluding hydrogens is 550 g/mol. The number of esters is 3. The van der Waals surface area contributed by atoms with Crippen LogP contribution in [0.25, 0.3) is 0 Å². The van der Waals surface area contributed by atoms with Crippen molar-refractivity contribution in [3.8, 4) is 0 Å². The highest BCUT2D eigenvalue weighted by molar-refractivity contribution is 6.29. The van der Waals surface area contributed by atoms with E-state index in [1.54, 1.807) is 36.4 Å². The van der Waals surface area contributed by atoms with Crippen molar-refractivity contribution in [2.45, 2.75) is 17.6 Å². The van der Waals surface area contributed by atoms with Crippen LogP contribution in [0.4, 0.5) is 11.4 Å². The van der Waals surface area contributed by atoms with Gasteiger partial charge in [-0.25, -0.2) is 14.6 Å². The van der Waals surface area contributed by atoms with Crippen LogP contribution in [0.5, 0.6) is 0 Å². The first-order valence-corrected chi connectivity index (χ1v) is 13.1. The number of amides is 4. The van der Waals surface area contributed by atoms with Gasteiger partial charge in [-0.05, 0) is 24.3 Å². The normalized spacial score (nSPS) is 31.6. The number of carbonyl (C=O) groups excluding carboxylic acids is 7. The van der Waals surface area contributed by atoms with Gasteiger partial charge in [-0.15, -0.1) is 0 Å². The van der Waals surface area contributed by atoms with Gasteiger partial charge < -0.3 is 14.2 Å². The average molecular weight is 576 g/mol. The van der Waals surface area contributed by atoms with Crippen LogP contribution < -0.4 is 9.80 Å². The Kier molecular flexibility index (Phi) is 6.22. The summed E-state index contributed by atoms with van der Waals surface area (Å²) in [5.41, 5.74) is -2.05. The van der Waals surface area contributed by atoms with E-state index >= 15 is 0 Å². The molecule has 1 unspecified atom stereocenters. The monoisotopic (exact) mass is 575 g/mol. The van der Waals surface area contributed by atoms with Crippen LogP contribution in [0.15, 0.2) is 60.7 Å². The standard InChI is InChI=1S/C29H25N3O10/c1-40-26(37)20-16-18(24(35)30(22(16)33)14-10-6-4-7-11-14)29(28(39)42-3)19-17(21(32(20)29)27(38)41-2)23(34)31(25(19)36)15-12-8-5-9-13-15/h4-13,16-21H,1-3H3/t16-,17-,18-,19-,20-,21+,29?/m1/s1. The van der Waals surface area contributed by atoms with E-state index in [0.717, 1.165) is 36.0 Å². The summed E-state index contributed by atoms with van der Waals surface area (Å²) in [6.07, 6.45) is 0. The van der Waals surface area contributed by atoms with Crippen molar-refractivity contribution in [2.75, 3.05) is 31.1 Å². The lowest BCUT2D eigenvalue weighted by atomic mass is 9.70. The fourth-order valence-electron chi connectivity index (χ4n) is 7.39. The maximum absolute atomic E-state index is 14.3. The third-order valence-corrected chi connectivity index (χ3v) is 8.78. The minimum absolute atomic E-state index is 0.177. The molecule has 0 saturated carbocycles. The molecule has 4 heterocycles. The van der Waals surface area contributed by atoms with Crippen LogP contribution in [-0.4, -0.2) is 85.4 Å². The summed E-state index contributed by atoms with van der Waals surface area (Å²) >= 11 is 0. The highest BCUT2D eigenvalue weighted by Crippen LogP contribution is 2.63. The van der Waals surface area contributed by atoms with E-state index < -0.39 is 82.8 Å². The predicted molar refractivity (Wildman–Crippen MR) is 140 cm³/mol. The Balaban J connectivity index is 1.64. The fourth-order valence-corrected chi connectivity index (χ4v) is 7.39. The lowest BCUT2D eigenvalue weighted by Crippen LogP contribution is -2.64. The number of para-hydroxylation sites is 2. The molecule has 13 heteroatoms. The number of rotatable bonds is 5. The number of ether oxygens (including phenoxy) is 3. The van der Waals surface area contributed by atoms with Gasteiger partial charge in [0.05, 0.1) is 56.4 Å². The molecule has 4 saturated heterocycles. The summed E-state index contributed by atoms with van der Waals surface area (Å²) in [7, 11) is 3.11. The molecule has 0 aliphatic carbocycles. The van der Waals surface area contributed by atoms with Crippen molar-refractivity contribution in [3.63, 3.8) is 0 Å². The van der Waals surface area contributed by atoms with Crippen molar-refractivity contribution in [2.24, 2.45) is 23.7 Å². The van der Waals surface area contributed by atoms with Gasteiger partial charge in [0.25, 0.3) is 0 Å². The molecular formula is C29H25N3O10. The first kappa shape index (κ1) is 27.3. The van der Waals surface area contributed by atoms with Crippen LogP contribution in [0.1, 0.15) is 0 Å². The minimum Gasteiger partial charge on any atom is -0.468 e. The van der Waals surface area contributed by atoms with Crippen LogP contribution in [0.2, 0.25) is 0 Å². The van der Waals surface area contributed by atoms with E-state index in [1.165, 1.54) is 24.3 Å². The van der Waals surface area contributed by atoms with Gasteiger partial charge in [0.1, 0.15) is 17.6 Å². The summed E-state index contributed by atoms with van der Waals surface area (Å²) in [4.78, 5) is 100. The number of nitrogens with zero attached hydrogens (tertiary/aromatic N) is 3. The van der Waals surface area contributed by atoms with Gasteiger partial charge in [0.15, 0.2) is 0 Å². The summed E-state index contributed by atoms with van der Waals surface area (Å²) in [6, 6.07) is 12.3. The Bertz CT molecular complexity index is 1440. The maximum atomic E-state index is 14.3. The van der Waals surface area contributed by atoms with E-state index in [1.807, 2.05) is 0 Å². The molecule has 4 amide bonds. The van der Waals surface area contributed by atoms with Crippen LogP contribution in [-0.2, 0) is 47.8 Å². The molecule has 6 rings (SSSR count). The summed E-state index contributed by atoms with van der Waals surface area (Å²) < 4.78 is 15.2. The number of fused-ring (bicyclic) bond motifs is 5. The molecule has 4 aliphatic rings. The second kappa shape index (κ2) is 9.58. The zero-order chi connectivity index (χ0) is 30.1. The van der Waals surface area contributed by atoms with Crippen molar-refractivity contribution in [1.82, 2.24) is 4.90 Å². The van der Waals surface area contributed by atoms with Gasteiger partial charge in [-0.1, -0.05) is 36.4 Å². The Morgan fingerprint density at radius 3 is 1.31 bits per heavy atom. The molecule has 2 aromatic carbocycles. The van der Waals surface area contributed by atoms with Gasteiger partial charge in [-0.3, -0.25) is 33.7 Å². The third kappa shape index (κ3) is 3.19. The topological polar surface area (TPSA) is 157 Å². The Hall–Kier alpha value is -4.91. The first-order valence-electron chi connectivity index (χ1n) is 13.1. The Morgan fingerprint density at radius 1 is 0.595 bits per heavy atom. The number of hydrogen-bond donors (Lipinski definition) is 0. The lowest BCUT2D eigenvalue weighted by molar-refractivity contribution is -0.168. The summed E-state index contributed by atoms with van der Waals surface area (Å²) in [5, 5.41) is 0. The number of carbonyl (C=O) groups is 7. The number of imide groups is 2. The van der Waals surface area contributed by atoms with Crippen molar-refractivity contribution < 1.29 is 47.8 Å². The highest BCUT2D eigenvalue weighted by atomic mass is 16.5. The van der Waals surface area contributed by atoms with Gasteiger partial charge in [0.2, 0.25) is 23.6 Å².